The van der Waals surface area contributed by atoms with Crippen molar-refractivity contribution in [3.63, 3.8) is 0 Å². The highest BCUT2D eigenvalue weighted by Gasteiger charge is 2.16. The number of rotatable bonds is 5. The Bertz CT molecular complexity index is 894. The summed E-state index contributed by atoms with van der Waals surface area (Å²) in [4.78, 5) is 12.3. The van der Waals surface area contributed by atoms with E-state index >= 15 is 0 Å². The van der Waals surface area contributed by atoms with E-state index in [0.717, 1.165) is 5.56 Å². The Morgan fingerprint density at radius 2 is 1.93 bits per heavy atom. The van der Waals surface area contributed by atoms with Crippen LogP contribution in [0, 0.1) is 12.7 Å². The molecule has 2 aromatic rings. The van der Waals surface area contributed by atoms with Crippen LogP contribution in [-0.2, 0) is 16.1 Å². The highest BCUT2D eigenvalue weighted by molar-refractivity contribution is 6.02. The molecule has 3 rings (SSSR count). The third-order valence-corrected chi connectivity index (χ3v) is 4.11. The first-order chi connectivity index (χ1) is 13.0. The molecule has 1 aliphatic rings. The van der Waals surface area contributed by atoms with Crippen LogP contribution in [0.25, 0.3) is 6.08 Å². The normalized spacial score (nSPS) is 13.0. The molecule has 0 unspecified atom stereocenters. The summed E-state index contributed by atoms with van der Waals surface area (Å²) in [6.45, 7) is 2.21. The monoisotopic (exact) mass is 373 g/mol. The SMILES string of the molecule is COc1cc(C)c(NC(=O)C=Cc2cc(F)cc3c2OCOC3)cc1OC. The summed E-state index contributed by atoms with van der Waals surface area (Å²) < 4.78 is 34.8. The van der Waals surface area contributed by atoms with Crippen molar-refractivity contribution in [2.24, 2.45) is 0 Å². The molecule has 1 N–H and O–H groups in total. The van der Waals surface area contributed by atoms with Gasteiger partial charge in [-0.25, -0.2) is 4.39 Å². The van der Waals surface area contributed by atoms with Gasteiger partial charge in [-0.05, 0) is 36.8 Å². The number of hydrogen-bond acceptors (Lipinski definition) is 5. The number of fused-ring (bicyclic) bond motifs is 1. The lowest BCUT2D eigenvalue weighted by molar-refractivity contribution is -0.111. The molecule has 1 aliphatic heterocycles. The molecule has 0 fully saturated rings. The predicted octanol–water partition coefficient (Wildman–Crippen LogP) is 3.67. The average molecular weight is 373 g/mol. The smallest absolute Gasteiger partial charge is 0.248 e. The average Bonchev–Trinajstić information content (AvgIpc) is 2.67. The first kappa shape index (κ1) is 18.7. The van der Waals surface area contributed by atoms with Gasteiger partial charge in [0.15, 0.2) is 18.3 Å². The van der Waals surface area contributed by atoms with Crippen LogP contribution in [0.1, 0.15) is 16.7 Å². The van der Waals surface area contributed by atoms with Gasteiger partial charge in [-0.15, -0.1) is 0 Å². The van der Waals surface area contributed by atoms with Crippen molar-refractivity contribution in [3.8, 4) is 17.2 Å². The molecule has 7 heteroatoms. The Labute approximate surface area is 156 Å². The van der Waals surface area contributed by atoms with E-state index in [2.05, 4.69) is 5.32 Å². The van der Waals surface area contributed by atoms with Gasteiger partial charge in [0.1, 0.15) is 11.6 Å². The summed E-state index contributed by atoms with van der Waals surface area (Å²) in [7, 11) is 3.07. The molecular formula is C20H20FNO5. The van der Waals surface area contributed by atoms with Crippen LogP contribution in [0.3, 0.4) is 0 Å². The van der Waals surface area contributed by atoms with Crippen molar-refractivity contribution in [3.05, 3.63) is 52.8 Å². The largest absolute Gasteiger partial charge is 0.493 e. The molecule has 0 bridgehead atoms. The molecule has 0 radical (unpaired) electrons. The van der Waals surface area contributed by atoms with Gasteiger partial charge in [-0.2, -0.15) is 0 Å². The maximum absolute atomic E-state index is 13.8. The number of ether oxygens (including phenoxy) is 4. The van der Waals surface area contributed by atoms with Gasteiger partial charge >= 0.3 is 0 Å². The molecule has 1 heterocycles. The van der Waals surface area contributed by atoms with Gasteiger partial charge in [0, 0.05) is 29.0 Å². The van der Waals surface area contributed by atoms with Gasteiger partial charge in [0.05, 0.1) is 20.8 Å². The topological polar surface area (TPSA) is 66.0 Å². The molecule has 0 saturated heterocycles. The zero-order valence-electron chi connectivity index (χ0n) is 15.3. The summed E-state index contributed by atoms with van der Waals surface area (Å²) in [5.41, 5.74) is 2.50. The Hall–Kier alpha value is -3.06. The minimum absolute atomic E-state index is 0.0938. The summed E-state index contributed by atoms with van der Waals surface area (Å²) in [5, 5.41) is 2.78. The highest BCUT2D eigenvalue weighted by Crippen LogP contribution is 2.33. The molecule has 0 aliphatic carbocycles. The molecule has 0 saturated carbocycles. The number of anilines is 1. The minimum atomic E-state index is -0.418. The van der Waals surface area contributed by atoms with Gasteiger partial charge in [-0.3, -0.25) is 4.79 Å². The molecule has 0 aromatic heterocycles. The van der Waals surface area contributed by atoms with Crippen molar-refractivity contribution in [1.29, 1.82) is 0 Å². The lowest BCUT2D eigenvalue weighted by atomic mass is 10.1. The van der Waals surface area contributed by atoms with Crippen molar-refractivity contribution in [2.75, 3.05) is 26.3 Å². The molecule has 27 heavy (non-hydrogen) atoms. The Morgan fingerprint density at radius 3 is 2.67 bits per heavy atom. The van der Waals surface area contributed by atoms with Gasteiger partial charge in [0.25, 0.3) is 0 Å². The number of nitrogens with one attached hydrogen (secondary N) is 1. The van der Waals surface area contributed by atoms with E-state index in [4.69, 9.17) is 18.9 Å². The predicted molar refractivity (Wildman–Crippen MR) is 98.6 cm³/mol. The fourth-order valence-electron chi connectivity index (χ4n) is 2.79. The number of hydrogen-bond donors (Lipinski definition) is 1. The van der Waals surface area contributed by atoms with E-state index in [1.807, 2.05) is 6.92 Å². The number of halogens is 1. The zero-order valence-corrected chi connectivity index (χ0v) is 15.3. The fourth-order valence-corrected chi connectivity index (χ4v) is 2.79. The fraction of sp³-hybridized carbons (Fsp3) is 0.250. The summed E-state index contributed by atoms with van der Waals surface area (Å²) in [6.07, 6.45) is 2.84. The van der Waals surface area contributed by atoms with E-state index in [0.29, 0.717) is 34.1 Å². The second-order valence-corrected chi connectivity index (χ2v) is 5.94. The summed E-state index contributed by atoms with van der Waals surface area (Å²) >= 11 is 0. The van der Waals surface area contributed by atoms with Crippen molar-refractivity contribution < 1.29 is 28.1 Å². The van der Waals surface area contributed by atoms with Gasteiger partial charge < -0.3 is 24.3 Å². The molecule has 2 aromatic carbocycles. The molecule has 0 spiro atoms. The Balaban J connectivity index is 1.80. The number of carbonyl (C=O) groups excluding carboxylic acids is 1. The summed E-state index contributed by atoms with van der Waals surface area (Å²) in [5.74, 6) is 0.826. The van der Waals surface area contributed by atoms with Crippen LogP contribution < -0.4 is 19.5 Å². The minimum Gasteiger partial charge on any atom is -0.493 e. The third kappa shape index (κ3) is 4.20. The van der Waals surface area contributed by atoms with Crippen LogP contribution in [-0.4, -0.2) is 26.9 Å². The van der Waals surface area contributed by atoms with Crippen LogP contribution >= 0.6 is 0 Å². The van der Waals surface area contributed by atoms with Gasteiger partial charge in [0.2, 0.25) is 5.91 Å². The zero-order chi connectivity index (χ0) is 19.4. The van der Waals surface area contributed by atoms with Crippen molar-refractivity contribution >= 4 is 17.7 Å². The van der Waals surface area contributed by atoms with Gasteiger partial charge in [-0.1, -0.05) is 0 Å². The highest BCUT2D eigenvalue weighted by atomic mass is 19.1. The second kappa shape index (κ2) is 8.09. The Kier molecular flexibility index (Phi) is 5.61. The number of carbonyl (C=O) groups is 1. The standard InChI is InChI=1S/C20H20FNO5/c1-12-6-17(24-2)18(25-3)9-16(12)22-19(23)5-4-13-7-15(21)8-14-10-26-11-27-20(13)14/h4-9H,10-11H2,1-3H3,(H,22,23). The molecular weight excluding hydrogens is 353 g/mol. The summed E-state index contributed by atoms with van der Waals surface area (Å²) in [6, 6.07) is 6.13. The molecule has 1 amide bonds. The Morgan fingerprint density at radius 1 is 1.19 bits per heavy atom. The van der Waals surface area contributed by atoms with Crippen LogP contribution in [0.15, 0.2) is 30.3 Å². The van der Waals surface area contributed by atoms with Crippen molar-refractivity contribution in [1.82, 2.24) is 0 Å². The number of amides is 1. The lowest BCUT2D eigenvalue weighted by Crippen LogP contribution is -2.13. The number of methoxy groups -OCH3 is 2. The van der Waals surface area contributed by atoms with E-state index in [1.54, 1.807) is 19.2 Å². The van der Waals surface area contributed by atoms with E-state index in [-0.39, 0.29) is 19.3 Å². The van der Waals surface area contributed by atoms with E-state index in [9.17, 15) is 9.18 Å². The lowest BCUT2D eigenvalue weighted by Gasteiger charge is -2.19. The van der Waals surface area contributed by atoms with E-state index < -0.39 is 5.82 Å². The van der Waals surface area contributed by atoms with Crippen LogP contribution in [0.5, 0.6) is 17.2 Å². The maximum atomic E-state index is 13.8. The molecule has 0 atom stereocenters. The first-order valence-corrected chi connectivity index (χ1v) is 8.26. The van der Waals surface area contributed by atoms with Crippen LogP contribution in [0.4, 0.5) is 10.1 Å². The third-order valence-electron chi connectivity index (χ3n) is 4.11. The van der Waals surface area contributed by atoms with Crippen LogP contribution in [0.2, 0.25) is 0 Å². The van der Waals surface area contributed by atoms with Crippen molar-refractivity contribution in [2.45, 2.75) is 13.5 Å². The number of aryl methyl sites for hydroxylation is 1. The number of benzene rings is 2. The maximum Gasteiger partial charge on any atom is 0.248 e. The molecule has 6 nitrogen and oxygen atoms in total. The quantitative estimate of drug-likeness (QED) is 0.810. The van der Waals surface area contributed by atoms with E-state index in [1.165, 1.54) is 31.4 Å². The second-order valence-electron chi connectivity index (χ2n) is 5.94. The first-order valence-electron chi connectivity index (χ1n) is 8.26. The molecule has 142 valence electrons.